The van der Waals surface area contributed by atoms with Gasteiger partial charge in [-0.2, -0.15) is 0 Å². The molecule has 3 amide bonds. The highest BCUT2D eigenvalue weighted by Crippen LogP contribution is 2.34. The summed E-state index contributed by atoms with van der Waals surface area (Å²) in [5.41, 5.74) is 1.07. The van der Waals surface area contributed by atoms with Gasteiger partial charge in [-0.15, -0.1) is 11.3 Å². The standard InChI is InChI=1S/C25H34FN3O3S/c1-17(2)8-11-28(25(31)27-18(3)4)15-24(30)29-12-9-23-21(10-13-33-23)22(29)16-32-20-7-5-6-19(26)14-20/h5-7,10,13-14,17-18,22H,8-9,11-12,15-16H2,1-4H3,(H,27,31). The Morgan fingerprint density at radius 1 is 1.27 bits per heavy atom. The lowest BCUT2D eigenvalue weighted by molar-refractivity contribution is -0.135. The van der Waals surface area contributed by atoms with Crippen LogP contribution in [-0.4, -0.2) is 54.0 Å². The molecule has 3 rings (SSSR count). The number of halogens is 1. The smallest absolute Gasteiger partial charge is 0.318 e. The van der Waals surface area contributed by atoms with Crippen LogP contribution in [-0.2, 0) is 11.2 Å². The van der Waals surface area contributed by atoms with Crippen molar-refractivity contribution >= 4 is 23.3 Å². The predicted molar refractivity (Wildman–Crippen MR) is 129 cm³/mol. The maximum Gasteiger partial charge on any atom is 0.318 e. The van der Waals surface area contributed by atoms with Gasteiger partial charge in [-0.3, -0.25) is 4.79 Å². The number of urea groups is 1. The molecule has 1 aliphatic rings. The number of fused-ring (bicyclic) bond motifs is 1. The normalized spacial score (nSPS) is 15.5. The third-order valence-corrected chi connectivity index (χ3v) is 6.62. The molecular formula is C25H34FN3O3S. The van der Waals surface area contributed by atoms with Crippen LogP contribution in [0.25, 0.3) is 0 Å². The first kappa shape index (κ1) is 25.0. The van der Waals surface area contributed by atoms with E-state index >= 15 is 0 Å². The van der Waals surface area contributed by atoms with Crippen LogP contribution in [0.1, 0.15) is 50.6 Å². The molecule has 1 atom stereocenters. The Bertz CT molecular complexity index is 946. The Morgan fingerprint density at radius 2 is 2.06 bits per heavy atom. The molecule has 2 aromatic rings. The maximum absolute atomic E-state index is 13.6. The number of carbonyl (C=O) groups is 2. The number of nitrogens with one attached hydrogen (secondary N) is 1. The van der Waals surface area contributed by atoms with Gasteiger partial charge >= 0.3 is 6.03 Å². The lowest BCUT2D eigenvalue weighted by Crippen LogP contribution is -2.51. The van der Waals surface area contributed by atoms with E-state index in [1.807, 2.05) is 25.3 Å². The largest absolute Gasteiger partial charge is 0.491 e. The number of nitrogens with zero attached hydrogens (tertiary/aromatic N) is 2. The zero-order valence-corrected chi connectivity index (χ0v) is 20.7. The number of benzene rings is 1. The molecule has 0 aliphatic carbocycles. The minimum atomic E-state index is -0.364. The van der Waals surface area contributed by atoms with Crippen LogP contribution in [0.4, 0.5) is 9.18 Å². The first-order valence-corrected chi connectivity index (χ1v) is 12.4. The van der Waals surface area contributed by atoms with E-state index in [4.69, 9.17) is 4.74 Å². The molecule has 8 heteroatoms. The Balaban J connectivity index is 1.75. The van der Waals surface area contributed by atoms with Crippen molar-refractivity contribution in [2.45, 2.75) is 52.6 Å². The molecule has 0 spiro atoms. The van der Waals surface area contributed by atoms with Gasteiger partial charge < -0.3 is 19.9 Å². The molecule has 0 saturated carbocycles. The summed E-state index contributed by atoms with van der Waals surface area (Å²) in [7, 11) is 0. The average Bonchev–Trinajstić information content (AvgIpc) is 3.23. The van der Waals surface area contributed by atoms with E-state index in [2.05, 4.69) is 19.2 Å². The fourth-order valence-electron chi connectivity index (χ4n) is 3.87. The number of carbonyl (C=O) groups excluding carboxylic acids is 2. The van der Waals surface area contributed by atoms with Gasteiger partial charge in [0.15, 0.2) is 0 Å². The van der Waals surface area contributed by atoms with Crippen molar-refractivity contribution in [1.29, 1.82) is 0 Å². The number of hydrogen-bond donors (Lipinski definition) is 1. The van der Waals surface area contributed by atoms with Gasteiger partial charge in [0.1, 0.15) is 24.7 Å². The summed E-state index contributed by atoms with van der Waals surface area (Å²) in [5, 5.41) is 4.93. The van der Waals surface area contributed by atoms with Crippen LogP contribution in [0.2, 0.25) is 0 Å². The Labute approximate surface area is 199 Å². The average molecular weight is 476 g/mol. The molecule has 33 heavy (non-hydrogen) atoms. The minimum absolute atomic E-state index is 0.00933. The lowest BCUT2D eigenvalue weighted by Gasteiger charge is -2.37. The number of thiophene rings is 1. The minimum Gasteiger partial charge on any atom is -0.491 e. The number of ether oxygens (including phenoxy) is 1. The number of rotatable bonds is 9. The summed E-state index contributed by atoms with van der Waals surface area (Å²) in [6, 6.07) is 7.53. The van der Waals surface area contributed by atoms with Crippen molar-refractivity contribution in [2.24, 2.45) is 5.92 Å². The van der Waals surface area contributed by atoms with Crippen LogP contribution in [0, 0.1) is 11.7 Å². The first-order chi connectivity index (χ1) is 15.7. The van der Waals surface area contributed by atoms with E-state index in [-0.39, 0.29) is 43.0 Å². The summed E-state index contributed by atoms with van der Waals surface area (Å²) < 4.78 is 19.5. The van der Waals surface area contributed by atoms with Gasteiger partial charge in [-0.05, 0) is 61.7 Å². The number of amides is 3. The van der Waals surface area contributed by atoms with Gasteiger partial charge in [0.25, 0.3) is 0 Å². The Hall–Kier alpha value is -2.61. The van der Waals surface area contributed by atoms with Crippen molar-refractivity contribution < 1.29 is 18.7 Å². The van der Waals surface area contributed by atoms with E-state index in [1.165, 1.54) is 17.0 Å². The fourth-order valence-corrected chi connectivity index (χ4v) is 4.79. The second-order valence-electron chi connectivity index (χ2n) is 9.13. The Morgan fingerprint density at radius 3 is 2.76 bits per heavy atom. The molecule has 1 N–H and O–H groups in total. The van der Waals surface area contributed by atoms with Crippen LogP contribution in [0.15, 0.2) is 35.7 Å². The summed E-state index contributed by atoms with van der Waals surface area (Å²) in [4.78, 5) is 30.8. The second-order valence-corrected chi connectivity index (χ2v) is 10.1. The highest BCUT2D eigenvalue weighted by molar-refractivity contribution is 7.10. The quantitative estimate of drug-likeness (QED) is 0.564. The SMILES string of the molecule is CC(C)CCN(CC(=O)N1CCc2sccc2C1COc1cccc(F)c1)C(=O)NC(C)C. The van der Waals surface area contributed by atoms with Crippen molar-refractivity contribution in [3.8, 4) is 5.75 Å². The molecule has 0 bridgehead atoms. The fraction of sp³-hybridized carbons (Fsp3) is 0.520. The lowest BCUT2D eigenvalue weighted by atomic mass is 10.0. The van der Waals surface area contributed by atoms with Crippen molar-refractivity contribution in [3.05, 3.63) is 52.0 Å². The van der Waals surface area contributed by atoms with Crippen LogP contribution < -0.4 is 10.1 Å². The van der Waals surface area contributed by atoms with Gasteiger partial charge in [0, 0.05) is 30.1 Å². The van der Waals surface area contributed by atoms with Gasteiger partial charge in [0.05, 0.1) is 6.04 Å². The highest BCUT2D eigenvalue weighted by Gasteiger charge is 2.33. The van der Waals surface area contributed by atoms with Gasteiger partial charge in [-0.1, -0.05) is 19.9 Å². The summed E-state index contributed by atoms with van der Waals surface area (Å²) in [6.45, 7) is 9.33. The molecule has 180 valence electrons. The molecule has 0 radical (unpaired) electrons. The zero-order valence-electron chi connectivity index (χ0n) is 19.8. The van der Waals surface area contributed by atoms with Gasteiger partial charge in [0.2, 0.25) is 5.91 Å². The highest BCUT2D eigenvalue weighted by atomic mass is 32.1. The van der Waals surface area contributed by atoms with Crippen LogP contribution in [0.5, 0.6) is 5.75 Å². The van der Waals surface area contributed by atoms with E-state index in [0.717, 1.165) is 18.4 Å². The monoisotopic (exact) mass is 475 g/mol. The van der Waals surface area contributed by atoms with E-state index in [9.17, 15) is 14.0 Å². The zero-order chi connectivity index (χ0) is 24.0. The third-order valence-electron chi connectivity index (χ3n) is 5.62. The molecule has 1 aromatic heterocycles. The summed E-state index contributed by atoms with van der Waals surface area (Å²) in [6.07, 6.45) is 1.60. The van der Waals surface area contributed by atoms with Crippen molar-refractivity contribution in [1.82, 2.24) is 15.1 Å². The van der Waals surface area contributed by atoms with Crippen molar-refractivity contribution in [2.75, 3.05) is 26.2 Å². The molecule has 0 fully saturated rings. The van der Waals surface area contributed by atoms with Crippen molar-refractivity contribution in [3.63, 3.8) is 0 Å². The van der Waals surface area contributed by atoms with E-state index in [0.29, 0.717) is 24.8 Å². The molecular weight excluding hydrogens is 441 g/mol. The van der Waals surface area contributed by atoms with Gasteiger partial charge in [-0.25, -0.2) is 9.18 Å². The molecule has 6 nitrogen and oxygen atoms in total. The van der Waals surface area contributed by atoms with Crippen LogP contribution in [0.3, 0.4) is 0 Å². The molecule has 1 aromatic carbocycles. The van der Waals surface area contributed by atoms with E-state index < -0.39 is 0 Å². The summed E-state index contributed by atoms with van der Waals surface area (Å²) >= 11 is 1.68. The second kappa shape index (κ2) is 11.5. The third kappa shape index (κ3) is 6.93. The van der Waals surface area contributed by atoms with E-state index in [1.54, 1.807) is 33.3 Å². The predicted octanol–water partition coefficient (Wildman–Crippen LogP) is 4.86. The van der Waals surface area contributed by atoms with Crippen LogP contribution >= 0.6 is 11.3 Å². The molecule has 1 unspecified atom stereocenters. The molecule has 0 saturated heterocycles. The maximum atomic E-state index is 13.6. The molecule has 2 heterocycles. The first-order valence-electron chi connectivity index (χ1n) is 11.5. The molecule has 1 aliphatic heterocycles. The topological polar surface area (TPSA) is 61.9 Å². The summed E-state index contributed by atoms with van der Waals surface area (Å²) in [5.74, 6) is 0.379. The Kier molecular flexibility index (Phi) is 8.72. The number of hydrogen-bond acceptors (Lipinski definition) is 4.